The molecule has 0 aliphatic carbocycles. The second-order valence-corrected chi connectivity index (χ2v) is 9.90. The Bertz CT molecular complexity index is 888. The molecule has 3 fully saturated rings. The number of para-hydroxylation sites is 1. The van der Waals surface area contributed by atoms with Crippen molar-refractivity contribution in [2.75, 3.05) is 50.8 Å². The Hall–Kier alpha value is -2.37. The molecule has 5 heteroatoms. The quantitative estimate of drug-likeness (QED) is 0.695. The average Bonchev–Trinajstić information content (AvgIpc) is 2.89. The summed E-state index contributed by atoms with van der Waals surface area (Å²) in [5, 5.41) is 0. The van der Waals surface area contributed by atoms with Crippen LogP contribution < -0.4 is 4.90 Å². The van der Waals surface area contributed by atoms with Crippen molar-refractivity contribution in [1.82, 2.24) is 9.80 Å². The molecule has 2 aromatic carbocycles. The van der Waals surface area contributed by atoms with E-state index in [4.69, 9.17) is 4.74 Å². The Morgan fingerprint density at radius 1 is 0.879 bits per heavy atom. The largest absolute Gasteiger partial charge is 0.375 e. The van der Waals surface area contributed by atoms with Crippen molar-refractivity contribution in [1.29, 1.82) is 0 Å². The van der Waals surface area contributed by atoms with E-state index in [1.54, 1.807) is 0 Å². The molecule has 3 aliphatic rings. The van der Waals surface area contributed by atoms with Crippen molar-refractivity contribution in [2.45, 2.75) is 50.2 Å². The second kappa shape index (κ2) is 10.3. The molecule has 176 valence electrons. The first-order valence-corrected chi connectivity index (χ1v) is 12.7. The fraction of sp³-hybridized carbons (Fsp3) is 0.536. The van der Waals surface area contributed by atoms with E-state index >= 15 is 0 Å². The molecule has 3 aliphatic heterocycles. The van der Waals surface area contributed by atoms with E-state index in [2.05, 4.69) is 57.2 Å². The highest BCUT2D eigenvalue weighted by atomic mass is 16.5. The smallest absolute Gasteiger partial charge is 0.222 e. The molecule has 0 unspecified atom stereocenters. The monoisotopic (exact) mass is 447 g/mol. The fourth-order valence-electron chi connectivity index (χ4n) is 5.86. The van der Waals surface area contributed by atoms with E-state index in [0.717, 1.165) is 78.0 Å². The number of piperazine rings is 1. The summed E-state index contributed by atoms with van der Waals surface area (Å²) in [5.41, 5.74) is 2.55. The summed E-state index contributed by atoms with van der Waals surface area (Å²) in [6.45, 7) is 6.96. The fourth-order valence-corrected chi connectivity index (χ4v) is 5.86. The lowest BCUT2D eigenvalue weighted by atomic mass is 9.81. The third-order valence-electron chi connectivity index (χ3n) is 7.92. The van der Waals surface area contributed by atoms with Gasteiger partial charge in [0.05, 0.1) is 5.60 Å². The molecule has 0 N–H and O–H groups in total. The van der Waals surface area contributed by atoms with E-state index < -0.39 is 0 Å². The van der Waals surface area contributed by atoms with E-state index in [-0.39, 0.29) is 11.5 Å². The Balaban J connectivity index is 1.10. The average molecular weight is 448 g/mol. The van der Waals surface area contributed by atoms with Gasteiger partial charge in [-0.05, 0) is 49.8 Å². The molecule has 0 bridgehead atoms. The van der Waals surface area contributed by atoms with Gasteiger partial charge in [0.15, 0.2) is 0 Å². The van der Waals surface area contributed by atoms with Gasteiger partial charge in [0.2, 0.25) is 5.91 Å². The van der Waals surface area contributed by atoms with Crippen LogP contribution in [-0.2, 0) is 16.0 Å². The number of ether oxygens (including phenoxy) is 1. The standard InChI is InChI=1S/C28H37N3O2/c32-27(12-11-24-7-3-1-4-8-24)31-16-14-28(15-17-31)23-26(13-22-33-28)30-20-18-29(19-21-30)25-9-5-2-6-10-25/h1-10,26H,11-23H2/t26-/m0/s1. The van der Waals surface area contributed by atoms with Gasteiger partial charge in [0.25, 0.3) is 0 Å². The first-order chi connectivity index (χ1) is 16.2. The van der Waals surface area contributed by atoms with Crippen LogP contribution >= 0.6 is 0 Å². The normalized spacial score (nSPS) is 23.6. The van der Waals surface area contributed by atoms with Crippen LogP contribution in [-0.4, -0.2) is 73.2 Å². The maximum atomic E-state index is 12.8. The van der Waals surface area contributed by atoms with Gasteiger partial charge in [-0.1, -0.05) is 48.5 Å². The second-order valence-electron chi connectivity index (χ2n) is 9.90. The zero-order valence-electron chi connectivity index (χ0n) is 19.7. The molecule has 33 heavy (non-hydrogen) atoms. The van der Waals surface area contributed by atoms with Crippen LogP contribution in [0.4, 0.5) is 5.69 Å². The highest BCUT2D eigenvalue weighted by Crippen LogP contribution is 2.37. The molecule has 5 nitrogen and oxygen atoms in total. The van der Waals surface area contributed by atoms with Crippen molar-refractivity contribution in [3.8, 4) is 0 Å². The predicted molar refractivity (Wildman–Crippen MR) is 133 cm³/mol. The van der Waals surface area contributed by atoms with E-state index in [0.29, 0.717) is 12.5 Å². The van der Waals surface area contributed by atoms with Gasteiger partial charge in [-0.25, -0.2) is 0 Å². The van der Waals surface area contributed by atoms with E-state index in [1.807, 2.05) is 18.2 Å². The topological polar surface area (TPSA) is 36.0 Å². The SMILES string of the molecule is O=C(CCc1ccccc1)N1CCC2(CC1)C[C@@H](N1CCN(c3ccccc3)CC1)CCO2. The lowest BCUT2D eigenvalue weighted by Gasteiger charge is -2.50. The first-order valence-electron chi connectivity index (χ1n) is 12.7. The van der Waals surface area contributed by atoms with Crippen molar-refractivity contribution >= 4 is 11.6 Å². The van der Waals surface area contributed by atoms with Crippen LogP contribution in [0, 0.1) is 0 Å². The van der Waals surface area contributed by atoms with Crippen LogP contribution in [0.3, 0.4) is 0 Å². The van der Waals surface area contributed by atoms with Crippen molar-refractivity contribution in [2.24, 2.45) is 0 Å². The molecular formula is C28H37N3O2. The predicted octanol–water partition coefficient (Wildman–Crippen LogP) is 3.98. The van der Waals surface area contributed by atoms with Crippen LogP contribution in [0.5, 0.6) is 0 Å². The summed E-state index contributed by atoms with van der Waals surface area (Å²) in [6, 6.07) is 21.7. The number of aryl methyl sites for hydroxylation is 1. The van der Waals surface area contributed by atoms with Crippen LogP contribution in [0.25, 0.3) is 0 Å². The summed E-state index contributed by atoms with van der Waals surface area (Å²) in [6.07, 6.45) is 5.63. The Kier molecular flexibility index (Phi) is 6.98. The number of benzene rings is 2. The number of nitrogens with zero attached hydrogens (tertiary/aromatic N) is 3. The molecule has 2 aromatic rings. The minimum atomic E-state index is -0.0321. The number of carbonyl (C=O) groups excluding carboxylic acids is 1. The van der Waals surface area contributed by atoms with Crippen LogP contribution in [0.2, 0.25) is 0 Å². The molecule has 0 saturated carbocycles. The lowest BCUT2D eigenvalue weighted by molar-refractivity contribution is -0.149. The zero-order chi connectivity index (χ0) is 22.5. The molecule has 3 saturated heterocycles. The van der Waals surface area contributed by atoms with Gasteiger partial charge < -0.3 is 14.5 Å². The summed E-state index contributed by atoms with van der Waals surface area (Å²) < 4.78 is 6.40. The number of anilines is 1. The van der Waals surface area contributed by atoms with Crippen LogP contribution in [0.1, 0.15) is 37.7 Å². The number of hydrogen-bond donors (Lipinski definition) is 0. The van der Waals surface area contributed by atoms with Crippen LogP contribution in [0.15, 0.2) is 60.7 Å². The van der Waals surface area contributed by atoms with Crippen molar-refractivity contribution < 1.29 is 9.53 Å². The molecule has 3 heterocycles. The molecule has 5 rings (SSSR count). The van der Waals surface area contributed by atoms with Gasteiger partial charge >= 0.3 is 0 Å². The van der Waals surface area contributed by atoms with Crippen molar-refractivity contribution in [3.63, 3.8) is 0 Å². The number of piperidine rings is 1. The Labute approximate surface area is 198 Å². The van der Waals surface area contributed by atoms with Gasteiger partial charge in [0, 0.05) is 64.0 Å². The van der Waals surface area contributed by atoms with E-state index in [9.17, 15) is 4.79 Å². The molecule has 0 radical (unpaired) electrons. The number of hydrogen-bond acceptors (Lipinski definition) is 4. The summed E-state index contributed by atoms with van der Waals surface area (Å²) in [5.74, 6) is 0.290. The highest BCUT2D eigenvalue weighted by molar-refractivity contribution is 5.76. The van der Waals surface area contributed by atoms with Gasteiger partial charge in [0.1, 0.15) is 0 Å². The number of carbonyl (C=O) groups is 1. The molecule has 0 aromatic heterocycles. The van der Waals surface area contributed by atoms with Gasteiger partial charge in [-0.3, -0.25) is 9.69 Å². The summed E-state index contributed by atoms with van der Waals surface area (Å²) in [4.78, 5) is 20.0. The molecular weight excluding hydrogens is 410 g/mol. The Morgan fingerprint density at radius 3 is 2.24 bits per heavy atom. The Morgan fingerprint density at radius 2 is 1.55 bits per heavy atom. The molecule has 1 spiro atoms. The number of rotatable bonds is 5. The third kappa shape index (κ3) is 5.42. The van der Waals surface area contributed by atoms with Crippen molar-refractivity contribution in [3.05, 3.63) is 66.2 Å². The molecule has 1 amide bonds. The number of amides is 1. The highest BCUT2D eigenvalue weighted by Gasteiger charge is 2.42. The third-order valence-corrected chi connectivity index (χ3v) is 7.92. The van der Waals surface area contributed by atoms with Gasteiger partial charge in [-0.2, -0.15) is 0 Å². The first kappa shape index (κ1) is 22.4. The summed E-state index contributed by atoms with van der Waals surface area (Å²) >= 11 is 0. The number of likely N-dealkylation sites (tertiary alicyclic amines) is 1. The summed E-state index contributed by atoms with van der Waals surface area (Å²) in [7, 11) is 0. The maximum absolute atomic E-state index is 12.8. The van der Waals surface area contributed by atoms with Gasteiger partial charge in [-0.15, -0.1) is 0 Å². The molecule has 1 atom stereocenters. The van der Waals surface area contributed by atoms with E-state index in [1.165, 1.54) is 11.3 Å². The minimum Gasteiger partial charge on any atom is -0.375 e. The minimum absolute atomic E-state index is 0.0321. The lowest BCUT2D eigenvalue weighted by Crippen LogP contribution is -2.57. The maximum Gasteiger partial charge on any atom is 0.222 e. The zero-order valence-corrected chi connectivity index (χ0v) is 19.7.